The standard InChI is InChI=1S/C15H15ClN2O4S/c1-10-6-7-14(9-15(10)18(19)20)23(21,22)17-11(2)12-4-3-5-13(16)8-12/h3-9,11,17H,1-2H3. The van der Waals surface area contributed by atoms with E-state index >= 15 is 0 Å². The van der Waals surface area contributed by atoms with Crippen LogP contribution in [0.15, 0.2) is 47.4 Å². The molecule has 0 radical (unpaired) electrons. The largest absolute Gasteiger partial charge is 0.273 e. The van der Waals surface area contributed by atoms with Crippen LogP contribution in [0.1, 0.15) is 24.1 Å². The SMILES string of the molecule is Cc1ccc(S(=O)(=O)NC(C)c2cccc(Cl)c2)cc1[N+](=O)[O-]. The molecule has 0 fully saturated rings. The molecule has 6 nitrogen and oxygen atoms in total. The van der Waals surface area contributed by atoms with Gasteiger partial charge in [0, 0.05) is 22.7 Å². The molecule has 0 amide bonds. The number of halogens is 1. The summed E-state index contributed by atoms with van der Waals surface area (Å²) < 4.78 is 27.3. The average Bonchev–Trinajstić information content (AvgIpc) is 2.46. The molecule has 23 heavy (non-hydrogen) atoms. The van der Waals surface area contributed by atoms with Gasteiger partial charge in [0.25, 0.3) is 5.69 Å². The van der Waals surface area contributed by atoms with E-state index in [1.807, 2.05) is 0 Å². The molecule has 0 saturated heterocycles. The molecule has 0 aliphatic carbocycles. The highest BCUT2D eigenvalue weighted by atomic mass is 35.5. The lowest BCUT2D eigenvalue weighted by Gasteiger charge is -2.15. The zero-order valence-corrected chi connectivity index (χ0v) is 14.1. The van der Waals surface area contributed by atoms with Crippen LogP contribution in [0.25, 0.3) is 0 Å². The Bertz CT molecular complexity index is 852. The molecule has 2 rings (SSSR count). The van der Waals surface area contributed by atoms with Crippen molar-refractivity contribution in [3.05, 3.63) is 68.7 Å². The van der Waals surface area contributed by atoms with Crippen molar-refractivity contribution in [1.29, 1.82) is 0 Å². The number of nitro benzene ring substituents is 1. The molecule has 122 valence electrons. The minimum atomic E-state index is -3.89. The second-order valence-electron chi connectivity index (χ2n) is 5.10. The summed E-state index contributed by atoms with van der Waals surface area (Å²) in [5.41, 5.74) is 0.864. The summed E-state index contributed by atoms with van der Waals surface area (Å²) in [6.45, 7) is 3.22. The highest BCUT2D eigenvalue weighted by Crippen LogP contribution is 2.24. The van der Waals surface area contributed by atoms with Gasteiger partial charge in [-0.05, 0) is 37.6 Å². The first-order valence-electron chi connectivity index (χ1n) is 6.73. The van der Waals surface area contributed by atoms with E-state index in [1.165, 1.54) is 12.1 Å². The molecule has 8 heteroatoms. The van der Waals surface area contributed by atoms with Gasteiger partial charge in [-0.25, -0.2) is 13.1 Å². The van der Waals surface area contributed by atoms with Gasteiger partial charge in [0.2, 0.25) is 10.0 Å². The van der Waals surface area contributed by atoms with Crippen molar-refractivity contribution in [2.24, 2.45) is 0 Å². The molecular formula is C15H15ClN2O4S. The monoisotopic (exact) mass is 354 g/mol. The van der Waals surface area contributed by atoms with Gasteiger partial charge < -0.3 is 0 Å². The predicted molar refractivity (Wildman–Crippen MR) is 88.0 cm³/mol. The molecule has 0 aliphatic rings. The van der Waals surface area contributed by atoms with Crippen LogP contribution in [-0.2, 0) is 10.0 Å². The van der Waals surface area contributed by atoms with Gasteiger partial charge in [0.05, 0.1) is 9.82 Å². The predicted octanol–water partition coefficient (Wildman–Crippen LogP) is 3.60. The van der Waals surface area contributed by atoms with E-state index in [0.29, 0.717) is 16.1 Å². The van der Waals surface area contributed by atoms with Crippen molar-refractivity contribution >= 4 is 27.3 Å². The van der Waals surface area contributed by atoms with Crippen molar-refractivity contribution in [3.8, 4) is 0 Å². The van der Waals surface area contributed by atoms with E-state index in [-0.39, 0.29) is 10.6 Å². The van der Waals surface area contributed by atoms with Crippen LogP contribution < -0.4 is 4.72 Å². The fourth-order valence-electron chi connectivity index (χ4n) is 2.10. The van der Waals surface area contributed by atoms with E-state index in [9.17, 15) is 18.5 Å². The van der Waals surface area contributed by atoms with Gasteiger partial charge in [-0.2, -0.15) is 0 Å². The van der Waals surface area contributed by atoms with E-state index in [1.54, 1.807) is 38.1 Å². The van der Waals surface area contributed by atoms with E-state index < -0.39 is 21.0 Å². The van der Waals surface area contributed by atoms with E-state index in [2.05, 4.69) is 4.72 Å². The van der Waals surface area contributed by atoms with Gasteiger partial charge >= 0.3 is 0 Å². The van der Waals surface area contributed by atoms with Crippen LogP contribution in [0.5, 0.6) is 0 Å². The first-order chi connectivity index (χ1) is 10.7. The van der Waals surface area contributed by atoms with Gasteiger partial charge in [-0.1, -0.05) is 29.8 Å². The van der Waals surface area contributed by atoms with Crippen molar-refractivity contribution in [3.63, 3.8) is 0 Å². The molecule has 2 aromatic carbocycles. The first kappa shape index (κ1) is 17.4. The smallest absolute Gasteiger partial charge is 0.258 e. The number of hydrogen-bond donors (Lipinski definition) is 1. The molecule has 0 saturated carbocycles. The summed E-state index contributed by atoms with van der Waals surface area (Å²) in [7, 11) is -3.89. The molecule has 2 aromatic rings. The van der Waals surface area contributed by atoms with Gasteiger partial charge in [0.1, 0.15) is 0 Å². The number of nitrogens with zero attached hydrogens (tertiary/aromatic N) is 1. The summed E-state index contributed by atoms with van der Waals surface area (Å²) in [6, 6.07) is 10.1. The molecule has 1 N–H and O–H groups in total. The number of sulfonamides is 1. The van der Waals surface area contributed by atoms with Crippen LogP contribution in [-0.4, -0.2) is 13.3 Å². The molecule has 0 bridgehead atoms. The van der Waals surface area contributed by atoms with Crippen LogP contribution in [0.4, 0.5) is 5.69 Å². The van der Waals surface area contributed by atoms with Crippen molar-refractivity contribution in [2.75, 3.05) is 0 Å². The highest BCUT2D eigenvalue weighted by molar-refractivity contribution is 7.89. The normalized spacial score (nSPS) is 12.8. The molecule has 0 aliphatic heterocycles. The van der Waals surface area contributed by atoms with Crippen molar-refractivity contribution < 1.29 is 13.3 Å². The lowest BCUT2D eigenvalue weighted by Crippen LogP contribution is -2.27. The number of benzene rings is 2. The summed E-state index contributed by atoms with van der Waals surface area (Å²) >= 11 is 5.90. The fraction of sp³-hybridized carbons (Fsp3) is 0.200. The third-order valence-electron chi connectivity index (χ3n) is 3.37. The third kappa shape index (κ3) is 4.07. The highest BCUT2D eigenvalue weighted by Gasteiger charge is 2.22. The third-order valence-corrected chi connectivity index (χ3v) is 5.14. The van der Waals surface area contributed by atoms with Gasteiger partial charge in [0.15, 0.2) is 0 Å². The van der Waals surface area contributed by atoms with Crippen LogP contribution >= 0.6 is 11.6 Å². The summed E-state index contributed by atoms with van der Waals surface area (Å²) in [4.78, 5) is 10.2. The Labute approximate surface area is 139 Å². The second kappa shape index (κ2) is 6.66. The number of nitro groups is 1. The summed E-state index contributed by atoms with van der Waals surface area (Å²) in [5.74, 6) is 0. The zero-order chi connectivity index (χ0) is 17.2. The number of rotatable bonds is 5. The van der Waals surface area contributed by atoms with Crippen LogP contribution in [0, 0.1) is 17.0 Å². The maximum atomic E-state index is 12.4. The minimum absolute atomic E-state index is 0.149. The molecule has 0 heterocycles. The molecule has 0 spiro atoms. The zero-order valence-electron chi connectivity index (χ0n) is 12.5. The maximum Gasteiger partial charge on any atom is 0.273 e. The minimum Gasteiger partial charge on any atom is -0.258 e. The summed E-state index contributed by atoms with van der Waals surface area (Å²) in [5, 5.41) is 11.5. The van der Waals surface area contributed by atoms with Crippen molar-refractivity contribution in [2.45, 2.75) is 24.8 Å². The average molecular weight is 355 g/mol. The Kier molecular flexibility index (Phi) is 5.03. The number of aryl methyl sites for hydroxylation is 1. The number of hydrogen-bond acceptors (Lipinski definition) is 4. The maximum absolute atomic E-state index is 12.4. The molecule has 0 aromatic heterocycles. The van der Waals surface area contributed by atoms with E-state index in [0.717, 1.165) is 6.07 Å². The lowest BCUT2D eigenvalue weighted by atomic mass is 10.1. The lowest BCUT2D eigenvalue weighted by molar-refractivity contribution is -0.385. The Balaban J connectivity index is 2.32. The van der Waals surface area contributed by atoms with Crippen LogP contribution in [0.3, 0.4) is 0 Å². The quantitative estimate of drug-likeness (QED) is 0.656. The Hall–Kier alpha value is -1.96. The van der Waals surface area contributed by atoms with Crippen LogP contribution in [0.2, 0.25) is 5.02 Å². The summed E-state index contributed by atoms with van der Waals surface area (Å²) in [6.07, 6.45) is 0. The Morgan fingerprint density at radius 1 is 1.22 bits per heavy atom. The Morgan fingerprint density at radius 3 is 2.52 bits per heavy atom. The van der Waals surface area contributed by atoms with Gasteiger partial charge in [-0.15, -0.1) is 0 Å². The number of nitrogens with one attached hydrogen (secondary N) is 1. The fourth-order valence-corrected chi connectivity index (χ4v) is 3.55. The first-order valence-corrected chi connectivity index (χ1v) is 8.59. The van der Waals surface area contributed by atoms with Gasteiger partial charge in [-0.3, -0.25) is 10.1 Å². The van der Waals surface area contributed by atoms with Crippen molar-refractivity contribution in [1.82, 2.24) is 4.72 Å². The van der Waals surface area contributed by atoms with E-state index in [4.69, 9.17) is 11.6 Å². The molecule has 1 unspecified atom stereocenters. The molecule has 1 atom stereocenters. The second-order valence-corrected chi connectivity index (χ2v) is 7.25. The topological polar surface area (TPSA) is 89.3 Å². The molecular weight excluding hydrogens is 340 g/mol. The Morgan fingerprint density at radius 2 is 1.91 bits per heavy atom.